The van der Waals surface area contributed by atoms with E-state index in [1.165, 1.54) is 0 Å². The molecule has 0 fully saturated rings. The molecule has 0 spiro atoms. The molecule has 0 saturated heterocycles. The SMILES string of the molecule is CC(C)n1cc(Br)c(C(=O)O)n1. The second-order valence-corrected chi connectivity index (χ2v) is 3.56. The lowest BCUT2D eigenvalue weighted by Gasteiger charge is -2.02. The van der Waals surface area contributed by atoms with Gasteiger partial charge < -0.3 is 5.11 Å². The summed E-state index contributed by atoms with van der Waals surface area (Å²) >= 11 is 3.12. The largest absolute Gasteiger partial charge is 0.476 e. The van der Waals surface area contributed by atoms with Crippen LogP contribution in [-0.4, -0.2) is 20.9 Å². The van der Waals surface area contributed by atoms with Crippen molar-refractivity contribution < 1.29 is 9.90 Å². The number of carboxylic acid groups (broad SMARTS) is 1. The molecule has 1 aromatic rings. The fourth-order valence-corrected chi connectivity index (χ4v) is 1.24. The zero-order valence-electron chi connectivity index (χ0n) is 6.78. The molecule has 1 aromatic heterocycles. The molecule has 0 aliphatic heterocycles. The third kappa shape index (κ3) is 1.66. The van der Waals surface area contributed by atoms with E-state index in [-0.39, 0.29) is 11.7 Å². The van der Waals surface area contributed by atoms with Crippen LogP contribution < -0.4 is 0 Å². The van der Waals surface area contributed by atoms with Gasteiger partial charge in [-0.15, -0.1) is 0 Å². The normalized spacial score (nSPS) is 10.7. The summed E-state index contributed by atoms with van der Waals surface area (Å²) in [4.78, 5) is 10.6. The number of hydrogen-bond acceptors (Lipinski definition) is 2. The fraction of sp³-hybridized carbons (Fsp3) is 0.429. The average Bonchev–Trinajstić information content (AvgIpc) is 2.30. The zero-order chi connectivity index (χ0) is 9.30. The molecular formula is C7H9BrN2O2. The summed E-state index contributed by atoms with van der Waals surface area (Å²) < 4.78 is 2.12. The van der Waals surface area contributed by atoms with Crippen molar-refractivity contribution in [1.82, 2.24) is 9.78 Å². The van der Waals surface area contributed by atoms with Crippen molar-refractivity contribution in [2.24, 2.45) is 0 Å². The minimum absolute atomic E-state index is 0.0590. The molecule has 0 amide bonds. The number of aromatic nitrogens is 2. The van der Waals surface area contributed by atoms with Crippen molar-refractivity contribution in [1.29, 1.82) is 0 Å². The summed E-state index contributed by atoms with van der Waals surface area (Å²) in [5.41, 5.74) is 0.0590. The molecule has 0 unspecified atom stereocenters. The Labute approximate surface area is 78.3 Å². The molecule has 1 rings (SSSR count). The van der Waals surface area contributed by atoms with Crippen LogP contribution in [0.3, 0.4) is 0 Å². The number of aromatic carboxylic acids is 1. The number of carboxylic acids is 1. The van der Waals surface area contributed by atoms with Gasteiger partial charge in [0.1, 0.15) is 0 Å². The third-order valence-electron chi connectivity index (χ3n) is 1.42. The van der Waals surface area contributed by atoms with Gasteiger partial charge in [-0.3, -0.25) is 4.68 Å². The quantitative estimate of drug-likeness (QED) is 0.848. The predicted molar refractivity (Wildman–Crippen MR) is 47.3 cm³/mol. The van der Waals surface area contributed by atoms with Crippen LogP contribution in [0.15, 0.2) is 10.7 Å². The van der Waals surface area contributed by atoms with Gasteiger partial charge in [0.05, 0.1) is 4.47 Å². The second kappa shape index (κ2) is 3.26. The highest BCUT2D eigenvalue weighted by molar-refractivity contribution is 9.10. The van der Waals surface area contributed by atoms with Crippen LogP contribution in [-0.2, 0) is 0 Å². The van der Waals surface area contributed by atoms with E-state index < -0.39 is 5.97 Å². The van der Waals surface area contributed by atoms with E-state index in [1.807, 2.05) is 13.8 Å². The fourth-order valence-electron chi connectivity index (χ4n) is 0.779. The average molecular weight is 233 g/mol. The van der Waals surface area contributed by atoms with Gasteiger partial charge in [0, 0.05) is 12.2 Å². The van der Waals surface area contributed by atoms with E-state index >= 15 is 0 Å². The first-order valence-electron chi connectivity index (χ1n) is 3.50. The van der Waals surface area contributed by atoms with Crippen LogP contribution >= 0.6 is 15.9 Å². The highest BCUT2D eigenvalue weighted by Crippen LogP contribution is 2.17. The first-order valence-corrected chi connectivity index (χ1v) is 4.29. The van der Waals surface area contributed by atoms with Crippen LogP contribution in [0, 0.1) is 0 Å². The number of rotatable bonds is 2. The van der Waals surface area contributed by atoms with Gasteiger partial charge in [-0.05, 0) is 29.8 Å². The van der Waals surface area contributed by atoms with Crippen molar-refractivity contribution in [3.63, 3.8) is 0 Å². The maximum absolute atomic E-state index is 10.6. The molecule has 0 atom stereocenters. The monoisotopic (exact) mass is 232 g/mol. The van der Waals surface area contributed by atoms with Crippen LogP contribution in [0.1, 0.15) is 30.4 Å². The maximum Gasteiger partial charge on any atom is 0.357 e. The van der Waals surface area contributed by atoms with Crippen LogP contribution in [0.25, 0.3) is 0 Å². The van der Waals surface area contributed by atoms with E-state index in [2.05, 4.69) is 21.0 Å². The molecule has 12 heavy (non-hydrogen) atoms. The zero-order valence-corrected chi connectivity index (χ0v) is 8.37. The number of halogens is 1. The summed E-state index contributed by atoms with van der Waals surface area (Å²) in [6, 6.07) is 0.175. The highest BCUT2D eigenvalue weighted by Gasteiger charge is 2.14. The van der Waals surface area contributed by atoms with E-state index in [4.69, 9.17) is 5.11 Å². The molecule has 1 N–H and O–H groups in total. The molecule has 66 valence electrons. The van der Waals surface area contributed by atoms with E-state index in [0.29, 0.717) is 4.47 Å². The molecule has 0 aromatic carbocycles. The summed E-state index contributed by atoms with van der Waals surface area (Å²) in [6.07, 6.45) is 1.66. The highest BCUT2D eigenvalue weighted by atomic mass is 79.9. The Morgan fingerprint density at radius 3 is 2.58 bits per heavy atom. The van der Waals surface area contributed by atoms with Crippen LogP contribution in [0.2, 0.25) is 0 Å². The molecule has 1 heterocycles. The summed E-state index contributed by atoms with van der Waals surface area (Å²) in [6.45, 7) is 3.87. The Hall–Kier alpha value is -0.840. The van der Waals surface area contributed by atoms with Crippen molar-refractivity contribution in [3.8, 4) is 0 Å². The standard InChI is InChI=1S/C7H9BrN2O2/c1-4(2)10-3-5(8)6(9-10)7(11)12/h3-4H,1-2H3,(H,11,12). The van der Waals surface area contributed by atoms with E-state index in [1.54, 1.807) is 10.9 Å². The summed E-state index contributed by atoms with van der Waals surface area (Å²) in [7, 11) is 0. The minimum Gasteiger partial charge on any atom is -0.476 e. The Bertz CT molecular complexity index is 306. The summed E-state index contributed by atoms with van der Waals surface area (Å²) in [5, 5.41) is 12.5. The molecule has 0 saturated carbocycles. The van der Waals surface area contributed by atoms with Gasteiger partial charge in [-0.2, -0.15) is 5.10 Å². The smallest absolute Gasteiger partial charge is 0.357 e. The molecule has 0 radical (unpaired) electrons. The molecule has 0 bridgehead atoms. The first-order chi connectivity index (χ1) is 5.52. The van der Waals surface area contributed by atoms with Gasteiger partial charge in [0.2, 0.25) is 0 Å². The lowest BCUT2D eigenvalue weighted by atomic mass is 10.4. The molecule has 0 aliphatic rings. The second-order valence-electron chi connectivity index (χ2n) is 2.70. The van der Waals surface area contributed by atoms with Gasteiger partial charge >= 0.3 is 5.97 Å². The van der Waals surface area contributed by atoms with Gasteiger partial charge in [-0.25, -0.2) is 4.79 Å². The van der Waals surface area contributed by atoms with Crippen molar-refractivity contribution in [3.05, 3.63) is 16.4 Å². The predicted octanol–water partition coefficient (Wildman–Crippen LogP) is 1.92. The Morgan fingerprint density at radius 1 is 1.75 bits per heavy atom. The number of carbonyl (C=O) groups is 1. The molecule has 5 heteroatoms. The van der Waals surface area contributed by atoms with E-state index in [9.17, 15) is 4.79 Å². The van der Waals surface area contributed by atoms with Gasteiger partial charge in [-0.1, -0.05) is 0 Å². The Balaban J connectivity index is 3.09. The molecule has 0 aliphatic carbocycles. The van der Waals surface area contributed by atoms with Crippen LogP contribution in [0.5, 0.6) is 0 Å². The van der Waals surface area contributed by atoms with Gasteiger partial charge in [0.15, 0.2) is 5.69 Å². The topological polar surface area (TPSA) is 55.1 Å². The first kappa shape index (κ1) is 9.25. The van der Waals surface area contributed by atoms with Gasteiger partial charge in [0.25, 0.3) is 0 Å². The Morgan fingerprint density at radius 2 is 2.33 bits per heavy atom. The number of hydrogen-bond donors (Lipinski definition) is 1. The molecular weight excluding hydrogens is 224 g/mol. The van der Waals surface area contributed by atoms with E-state index in [0.717, 1.165) is 0 Å². The maximum atomic E-state index is 10.6. The Kier molecular flexibility index (Phi) is 2.52. The lowest BCUT2D eigenvalue weighted by Crippen LogP contribution is -2.04. The molecule has 4 nitrogen and oxygen atoms in total. The summed E-state index contributed by atoms with van der Waals surface area (Å²) in [5.74, 6) is -1.01. The van der Waals surface area contributed by atoms with Crippen LogP contribution in [0.4, 0.5) is 0 Å². The van der Waals surface area contributed by atoms with Crippen molar-refractivity contribution in [2.75, 3.05) is 0 Å². The third-order valence-corrected chi connectivity index (χ3v) is 2.00. The van der Waals surface area contributed by atoms with Crippen molar-refractivity contribution >= 4 is 21.9 Å². The number of nitrogens with zero attached hydrogens (tertiary/aromatic N) is 2. The minimum atomic E-state index is -1.01. The lowest BCUT2D eigenvalue weighted by molar-refractivity contribution is 0.0688. The van der Waals surface area contributed by atoms with Crippen molar-refractivity contribution in [2.45, 2.75) is 19.9 Å².